The molecule has 0 N–H and O–H groups in total. The summed E-state index contributed by atoms with van der Waals surface area (Å²) in [7, 11) is 0. The predicted octanol–water partition coefficient (Wildman–Crippen LogP) is 3.47. The van der Waals surface area contributed by atoms with Crippen LogP contribution < -0.4 is 4.74 Å². The van der Waals surface area contributed by atoms with Crippen molar-refractivity contribution in [2.45, 2.75) is 40.7 Å². The number of hydrogen-bond donors (Lipinski definition) is 0. The highest BCUT2D eigenvalue weighted by molar-refractivity contribution is 5.75. The molecular formula is C15H21NO5. The fraction of sp³-hybridized carbons (Fsp3) is 0.533. The largest absolute Gasteiger partial charge is 0.494 e. The Balaban J connectivity index is 2.92. The minimum atomic E-state index is -0.605. The second-order valence-electron chi connectivity index (χ2n) is 5.29. The van der Waals surface area contributed by atoms with Gasteiger partial charge < -0.3 is 9.47 Å². The van der Waals surface area contributed by atoms with Crippen molar-refractivity contribution in [3.63, 3.8) is 0 Å². The molecule has 0 saturated carbocycles. The molecule has 0 atom stereocenters. The van der Waals surface area contributed by atoms with Crippen molar-refractivity contribution in [2.24, 2.45) is 5.41 Å². The molecule has 0 fully saturated rings. The second kappa shape index (κ2) is 7.06. The molecule has 21 heavy (non-hydrogen) atoms. The van der Waals surface area contributed by atoms with Crippen molar-refractivity contribution in [1.82, 2.24) is 0 Å². The molecular weight excluding hydrogens is 274 g/mol. The summed E-state index contributed by atoms with van der Waals surface area (Å²) in [4.78, 5) is 22.5. The minimum Gasteiger partial charge on any atom is -0.494 e. The summed E-state index contributed by atoms with van der Waals surface area (Å²) in [6.45, 7) is 7.59. The molecule has 0 aliphatic heterocycles. The van der Waals surface area contributed by atoms with E-state index in [9.17, 15) is 14.9 Å². The Hall–Kier alpha value is -2.11. The first-order valence-electron chi connectivity index (χ1n) is 6.89. The maximum Gasteiger partial charge on any atom is 0.311 e. The van der Waals surface area contributed by atoms with Crippen molar-refractivity contribution in [2.75, 3.05) is 6.61 Å². The molecule has 0 aliphatic carbocycles. The molecule has 6 heteroatoms. The number of benzene rings is 1. The summed E-state index contributed by atoms with van der Waals surface area (Å²) in [6, 6.07) is 4.43. The van der Waals surface area contributed by atoms with E-state index >= 15 is 0 Å². The van der Waals surface area contributed by atoms with Crippen molar-refractivity contribution < 1.29 is 19.2 Å². The van der Waals surface area contributed by atoms with Crippen LogP contribution >= 0.6 is 0 Å². The third kappa shape index (κ3) is 4.44. The van der Waals surface area contributed by atoms with Crippen molar-refractivity contribution in [1.29, 1.82) is 0 Å². The van der Waals surface area contributed by atoms with Crippen LogP contribution in [0.4, 0.5) is 5.69 Å². The van der Waals surface area contributed by atoms with Crippen LogP contribution in [0.15, 0.2) is 18.2 Å². The van der Waals surface area contributed by atoms with E-state index in [4.69, 9.17) is 9.47 Å². The number of rotatable bonds is 7. The fourth-order valence-electron chi connectivity index (χ4n) is 1.60. The van der Waals surface area contributed by atoms with E-state index < -0.39 is 10.3 Å². The SMILES string of the molecule is CCOc1ccc([N+](=O)[O-])c(COC(=O)C(C)(C)CC)c1. The van der Waals surface area contributed by atoms with Gasteiger partial charge in [0.1, 0.15) is 12.4 Å². The Morgan fingerprint density at radius 2 is 2.00 bits per heavy atom. The average Bonchev–Trinajstić information content (AvgIpc) is 2.44. The van der Waals surface area contributed by atoms with E-state index in [-0.39, 0.29) is 18.3 Å². The molecule has 0 radical (unpaired) electrons. The number of hydrogen-bond acceptors (Lipinski definition) is 5. The van der Waals surface area contributed by atoms with Gasteiger partial charge >= 0.3 is 5.97 Å². The summed E-state index contributed by atoms with van der Waals surface area (Å²) in [5, 5.41) is 11.0. The maximum absolute atomic E-state index is 11.9. The monoisotopic (exact) mass is 295 g/mol. The second-order valence-corrected chi connectivity index (χ2v) is 5.29. The molecule has 0 unspecified atom stereocenters. The van der Waals surface area contributed by atoms with Gasteiger partial charge in [-0.05, 0) is 39.3 Å². The van der Waals surface area contributed by atoms with Gasteiger partial charge in [0.05, 0.1) is 22.5 Å². The highest BCUT2D eigenvalue weighted by Gasteiger charge is 2.28. The van der Waals surface area contributed by atoms with Gasteiger partial charge in [0.25, 0.3) is 5.69 Å². The number of esters is 1. The van der Waals surface area contributed by atoms with Crippen molar-refractivity contribution >= 4 is 11.7 Å². The minimum absolute atomic E-state index is 0.0828. The lowest BCUT2D eigenvalue weighted by Crippen LogP contribution is -2.25. The lowest BCUT2D eigenvalue weighted by atomic mass is 9.91. The van der Waals surface area contributed by atoms with Crippen molar-refractivity contribution in [3.05, 3.63) is 33.9 Å². The topological polar surface area (TPSA) is 78.7 Å². The van der Waals surface area contributed by atoms with Crippen LogP contribution in [0.3, 0.4) is 0 Å². The van der Waals surface area contributed by atoms with Crippen LogP contribution in [0.25, 0.3) is 0 Å². The number of nitrogens with zero attached hydrogens (tertiary/aromatic N) is 1. The van der Waals surface area contributed by atoms with Crippen LogP contribution in [0.1, 0.15) is 39.7 Å². The third-order valence-electron chi connectivity index (χ3n) is 3.35. The summed E-state index contributed by atoms with van der Waals surface area (Å²) in [6.07, 6.45) is 0.632. The maximum atomic E-state index is 11.9. The summed E-state index contributed by atoms with van der Waals surface area (Å²) in [5.74, 6) is 0.144. The number of nitro groups is 1. The first kappa shape index (κ1) is 16.9. The summed E-state index contributed by atoms with van der Waals surface area (Å²) < 4.78 is 10.5. The van der Waals surface area contributed by atoms with Crippen LogP contribution in [-0.2, 0) is 16.1 Å². The molecule has 0 saturated heterocycles. The highest BCUT2D eigenvalue weighted by atomic mass is 16.6. The Kier molecular flexibility index (Phi) is 5.69. The average molecular weight is 295 g/mol. The quantitative estimate of drug-likeness (QED) is 0.437. The predicted molar refractivity (Wildman–Crippen MR) is 78.1 cm³/mol. The van der Waals surface area contributed by atoms with Gasteiger partial charge in [0.2, 0.25) is 0 Å². The lowest BCUT2D eigenvalue weighted by Gasteiger charge is -2.20. The van der Waals surface area contributed by atoms with Gasteiger partial charge in [-0.25, -0.2) is 0 Å². The van der Waals surface area contributed by atoms with Gasteiger partial charge in [-0.2, -0.15) is 0 Å². The molecule has 0 bridgehead atoms. The fourth-order valence-corrected chi connectivity index (χ4v) is 1.60. The molecule has 116 valence electrons. The van der Waals surface area contributed by atoms with E-state index in [1.165, 1.54) is 18.2 Å². The van der Waals surface area contributed by atoms with Gasteiger partial charge in [-0.3, -0.25) is 14.9 Å². The zero-order valence-electron chi connectivity index (χ0n) is 12.8. The Labute approximate surface area is 124 Å². The summed E-state index contributed by atoms with van der Waals surface area (Å²) >= 11 is 0. The van der Waals surface area contributed by atoms with Crippen molar-refractivity contribution in [3.8, 4) is 5.75 Å². The normalized spacial score (nSPS) is 11.0. The lowest BCUT2D eigenvalue weighted by molar-refractivity contribution is -0.385. The molecule has 1 rings (SSSR count). The number of carbonyl (C=O) groups excluding carboxylic acids is 1. The molecule has 0 heterocycles. The molecule has 1 aromatic rings. The molecule has 1 aromatic carbocycles. The molecule has 0 aromatic heterocycles. The highest BCUT2D eigenvalue weighted by Crippen LogP contribution is 2.27. The smallest absolute Gasteiger partial charge is 0.311 e. The van der Waals surface area contributed by atoms with E-state index in [1.807, 2.05) is 13.8 Å². The number of ether oxygens (including phenoxy) is 2. The van der Waals surface area contributed by atoms with E-state index in [0.717, 1.165) is 0 Å². The van der Waals surface area contributed by atoms with E-state index in [0.29, 0.717) is 24.3 Å². The number of nitro benzene ring substituents is 1. The van der Waals surface area contributed by atoms with Gasteiger partial charge in [-0.15, -0.1) is 0 Å². The number of carbonyl (C=O) groups is 1. The van der Waals surface area contributed by atoms with Gasteiger partial charge in [0, 0.05) is 6.07 Å². The van der Waals surface area contributed by atoms with Crippen LogP contribution in [0.5, 0.6) is 5.75 Å². The Bertz CT molecular complexity index is 525. The first-order chi connectivity index (χ1) is 9.81. The van der Waals surface area contributed by atoms with Crippen LogP contribution in [-0.4, -0.2) is 17.5 Å². The first-order valence-corrected chi connectivity index (χ1v) is 6.89. The van der Waals surface area contributed by atoms with E-state index in [2.05, 4.69) is 0 Å². The molecule has 0 spiro atoms. The van der Waals surface area contributed by atoms with Gasteiger partial charge in [0.15, 0.2) is 0 Å². The Morgan fingerprint density at radius 3 is 2.52 bits per heavy atom. The molecule has 0 aliphatic rings. The molecule has 6 nitrogen and oxygen atoms in total. The third-order valence-corrected chi connectivity index (χ3v) is 3.35. The van der Waals surface area contributed by atoms with Crippen LogP contribution in [0.2, 0.25) is 0 Å². The van der Waals surface area contributed by atoms with E-state index in [1.54, 1.807) is 13.8 Å². The zero-order valence-corrected chi connectivity index (χ0v) is 12.8. The van der Waals surface area contributed by atoms with Gasteiger partial charge in [-0.1, -0.05) is 6.92 Å². The molecule has 0 amide bonds. The standard InChI is InChI=1S/C15H21NO5/c1-5-15(3,4)14(17)21-10-11-9-12(20-6-2)7-8-13(11)16(18)19/h7-9H,5-6,10H2,1-4H3. The summed E-state index contributed by atoms with van der Waals surface area (Å²) in [5.41, 5.74) is -0.362. The van der Waals surface area contributed by atoms with Crippen LogP contribution in [0, 0.1) is 15.5 Å². The Morgan fingerprint density at radius 1 is 1.33 bits per heavy atom. The zero-order chi connectivity index (χ0) is 16.0.